The zero-order chi connectivity index (χ0) is 16.1. The van der Waals surface area contributed by atoms with Crippen LogP contribution in [0.5, 0.6) is 0 Å². The van der Waals surface area contributed by atoms with Crippen LogP contribution in [-0.4, -0.2) is 32.2 Å². The number of halogens is 1. The second-order valence-corrected chi connectivity index (χ2v) is 5.89. The number of amides is 1. The summed E-state index contributed by atoms with van der Waals surface area (Å²) in [5, 5.41) is 2.83. The summed E-state index contributed by atoms with van der Waals surface area (Å²) in [6.45, 7) is 3.30. The van der Waals surface area contributed by atoms with Crippen molar-refractivity contribution >= 4 is 39.3 Å². The fourth-order valence-electron chi connectivity index (χ4n) is 2.34. The van der Waals surface area contributed by atoms with Crippen LogP contribution in [0.25, 0.3) is 6.08 Å². The molecule has 0 unspecified atom stereocenters. The molecule has 2 heterocycles. The molecule has 0 spiro atoms. The molecule has 1 aliphatic heterocycles. The van der Waals surface area contributed by atoms with Crippen molar-refractivity contribution in [1.82, 2.24) is 0 Å². The number of furan rings is 1. The Labute approximate surface area is 143 Å². The van der Waals surface area contributed by atoms with Gasteiger partial charge in [0.2, 0.25) is 5.91 Å². The van der Waals surface area contributed by atoms with Crippen molar-refractivity contribution in [2.75, 3.05) is 36.5 Å². The van der Waals surface area contributed by atoms with E-state index in [4.69, 9.17) is 9.15 Å². The number of nitrogens with one attached hydrogen (secondary N) is 1. The molecule has 23 heavy (non-hydrogen) atoms. The van der Waals surface area contributed by atoms with E-state index in [-0.39, 0.29) is 5.91 Å². The Morgan fingerprint density at radius 1 is 1.13 bits per heavy atom. The smallest absolute Gasteiger partial charge is 0.248 e. The summed E-state index contributed by atoms with van der Waals surface area (Å²) in [4.78, 5) is 14.2. The van der Waals surface area contributed by atoms with Crippen LogP contribution in [0.3, 0.4) is 0 Å². The number of benzene rings is 1. The van der Waals surface area contributed by atoms with Gasteiger partial charge in [0.05, 0.1) is 13.2 Å². The molecule has 1 aromatic heterocycles. The summed E-state index contributed by atoms with van der Waals surface area (Å²) in [5.41, 5.74) is 1.90. The molecule has 1 fully saturated rings. The lowest BCUT2D eigenvalue weighted by atomic mass is 10.2. The monoisotopic (exact) mass is 376 g/mol. The molecule has 1 amide bonds. The van der Waals surface area contributed by atoms with Crippen LogP contribution in [-0.2, 0) is 9.53 Å². The van der Waals surface area contributed by atoms with Crippen molar-refractivity contribution in [3.63, 3.8) is 0 Å². The average molecular weight is 377 g/mol. The number of carbonyl (C=O) groups is 1. The maximum Gasteiger partial charge on any atom is 0.248 e. The fraction of sp³-hybridized carbons (Fsp3) is 0.235. The van der Waals surface area contributed by atoms with Crippen LogP contribution in [0.15, 0.2) is 51.6 Å². The number of nitrogens with zero attached hydrogens (tertiary/aromatic N) is 1. The third-order valence-corrected chi connectivity index (χ3v) is 3.93. The highest BCUT2D eigenvalue weighted by atomic mass is 79.9. The van der Waals surface area contributed by atoms with E-state index in [0.29, 0.717) is 10.4 Å². The molecule has 1 aromatic carbocycles. The molecule has 2 aromatic rings. The topological polar surface area (TPSA) is 54.7 Å². The zero-order valence-electron chi connectivity index (χ0n) is 12.5. The van der Waals surface area contributed by atoms with Crippen molar-refractivity contribution in [2.24, 2.45) is 0 Å². The highest BCUT2D eigenvalue weighted by molar-refractivity contribution is 9.10. The number of hydrogen-bond donors (Lipinski definition) is 1. The summed E-state index contributed by atoms with van der Waals surface area (Å²) >= 11 is 3.22. The van der Waals surface area contributed by atoms with Crippen LogP contribution >= 0.6 is 15.9 Å². The SMILES string of the molecule is O=C(/C=C/c1ccc(Br)o1)Nc1ccc(N2CCOCC2)cc1. The van der Waals surface area contributed by atoms with Gasteiger partial charge in [0.15, 0.2) is 4.67 Å². The Morgan fingerprint density at radius 3 is 2.52 bits per heavy atom. The number of rotatable bonds is 4. The number of ether oxygens (including phenoxy) is 1. The van der Waals surface area contributed by atoms with Crippen LogP contribution in [0.1, 0.15) is 5.76 Å². The van der Waals surface area contributed by atoms with Gasteiger partial charge in [0.1, 0.15) is 5.76 Å². The first kappa shape index (κ1) is 15.8. The van der Waals surface area contributed by atoms with Crippen molar-refractivity contribution in [3.05, 3.63) is 52.9 Å². The van der Waals surface area contributed by atoms with Crippen LogP contribution < -0.4 is 10.2 Å². The molecule has 1 saturated heterocycles. The Bertz CT molecular complexity index is 688. The lowest BCUT2D eigenvalue weighted by Gasteiger charge is -2.28. The van der Waals surface area contributed by atoms with E-state index in [1.807, 2.05) is 24.3 Å². The molecule has 0 radical (unpaired) electrons. The molecule has 5 nitrogen and oxygen atoms in total. The first-order chi connectivity index (χ1) is 11.2. The van der Waals surface area contributed by atoms with Gasteiger partial charge in [-0.1, -0.05) is 0 Å². The van der Waals surface area contributed by atoms with Crippen LogP contribution in [0.4, 0.5) is 11.4 Å². The van der Waals surface area contributed by atoms with Gasteiger partial charge in [-0.25, -0.2) is 0 Å². The van der Waals surface area contributed by atoms with Crippen molar-refractivity contribution < 1.29 is 13.9 Å². The van der Waals surface area contributed by atoms with Gasteiger partial charge in [0, 0.05) is 30.5 Å². The second kappa shape index (κ2) is 7.48. The third-order valence-electron chi connectivity index (χ3n) is 3.50. The van der Waals surface area contributed by atoms with Gasteiger partial charge in [0.25, 0.3) is 0 Å². The average Bonchev–Trinajstić information content (AvgIpc) is 3.00. The molecule has 0 bridgehead atoms. The lowest BCUT2D eigenvalue weighted by molar-refractivity contribution is -0.111. The lowest BCUT2D eigenvalue weighted by Crippen LogP contribution is -2.36. The molecule has 6 heteroatoms. The summed E-state index contributed by atoms with van der Waals surface area (Å²) in [5.74, 6) is 0.423. The quantitative estimate of drug-likeness (QED) is 0.829. The Morgan fingerprint density at radius 2 is 1.87 bits per heavy atom. The van der Waals surface area contributed by atoms with E-state index in [0.717, 1.165) is 37.7 Å². The number of carbonyl (C=O) groups excluding carboxylic acids is 1. The number of anilines is 2. The highest BCUT2D eigenvalue weighted by Crippen LogP contribution is 2.19. The molecule has 1 N–H and O–H groups in total. The van der Waals surface area contributed by atoms with E-state index in [1.54, 1.807) is 18.2 Å². The van der Waals surface area contributed by atoms with Gasteiger partial charge in [-0.15, -0.1) is 0 Å². The Kier molecular flexibility index (Phi) is 5.15. The van der Waals surface area contributed by atoms with Crippen molar-refractivity contribution in [2.45, 2.75) is 0 Å². The minimum Gasteiger partial charge on any atom is -0.450 e. The molecule has 0 aliphatic carbocycles. The van der Waals surface area contributed by atoms with E-state index >= 15 is 0 Å². The van der Waals surface area contributed by atoms with E-state index in [2.05, 4.69) is 26.1 Å². The summed E-state index contributed by atoms with van der Waals surface area (Å²) in [6, 6.07) is 11.4. The minimum atomic E-state index is -0.198. The van der Waals surface area contributed by atoms with E-state index in [9.17, 15) is 4.79 Å². The minimum absolute atomic E-state index is 0.198. The predicted molar refractivity (Wildman–Crippen MR) is 93.5 cm³/mol. The van der Waals surface area contributed by atoms with Crippen molar-refractivity contribution in [1.29, 1.82) is 0 Å². The van der Waals surface area contributed by atoms with E-state index < -0.39 is 0 Å². The Balaban J connectivity index is 1.57. The molecule has 0 atom stereocenters. The first-order valence-electron chi connectivity index (χ1n) is 7.38. The van der Waals surface area contributed by atoms with Gasteiger partial charge >= 0.3 is 0 Å². The molecular formula is C17H17BrN2O3. The number of hydrogen-bond acceptors (Lipinski definition) is 4. The summed E-state index contributed by atoms with van der Waals surface area (Å²) in [6.07, 6.45) is 3.07. The molecule has 1 aliphatic rings. The largest absolute Gasteiger partial charge is 0.450 e. The Hall–Kier alpha value is -2.05. The maximum absolute atomic E-state index is 11.9. The highest BCUT2D eigenvalue weighted by Gasteiger charge is 2.10. The maximum atomic E-state index is 11.9. The van der Waals surface area contributed by atoms with Crippen LogP contribution in [0, 0.1) is 0 Å². The normalized spacial score (nSPS) is 15.1. The van der Waals surface area contributed by atoms with Gasteiger partial charge < -0.3 is 19.4 Å². The molecule has 0 saturated carbocycles. The second-order valence-electron chi connectivity index (χ2n) is 5.11. The van der Waals surface area contributed by atoms with Gasteiger partial charge in [-0.2, -0.15) is 0 Å². The third kappa shape index (κ3) is 4.46. The predicted octanol–water partition coefficient (Wildman–Crippen LogP) is 3.53. The first-order valence-corrected chi connectivity index (χ1v) is 8.17. The van der Waals surface area contributed by atoms with E-state index in [1.165, 1.54) is 6.08 Å². The number of morpholine rings is 1. The standard InChI is InChI=1S/C17H17BrN2O3/c18-16-7-5-15(23-16)6-8-17(21)19-13-1-3-14(4-2-13)20-9-11-22-12-10-20/h1-8H,9-12H2,(H,19,21)/b8-6+. The summed E-state index contributed by atoms with van der Waals surface area (Å²) < 4.78 is 11.3. The zero-order valence-corrected chi connectivity index (χ0v) is 14.1. The molecular weight excluding hydrogens is 360 g/mol. The molecule has 3 rings (SSSR count). The summed E-state index contributed by atoms with van der Waals surface area (Å²) in [7, 11) is 0. The molecule has 120 valence electrons. The van der Waals surface area contributed by atoms with Gasteiger partial charge in [-0.3, -0.25) is 4.79 Å². The fourth-order valence-corrected chi connectivity index (χ4v) is 2.66. The van der Waals surface area contributed by atoms with Crippen LogP contribution in [0.2, 0.25) is 0 Å². The van der Waals surface area contributed by atoms with Gasteiger partial charge in [-0.05, 0) is 58.4 Å². The van der Waals surface area contributed by atoms with Crippen molar-refractivity contribution in [3.8, 4) is 0 Å².